The van der Waals surface area contributed by atoms with Gasteiger partial charge in [-0.2, -0.15) is 0 Å². The molecule has 1 aliphatic rings. The summed E-state index contributed by atoms with van der Waals surface area (Å²) in [5, 5.41) is 0. The lowest BCUT2D eigenvalue weighted by Crippen LogP contribution is -2.14. The Bertz CT molecular complexity index is 353. The van der Waals surface area contributed by atoms with Gasteiger partial charge < -0.3 is 4.74 Å². The van der Waals surface area contributed by atoms with Crippen molar-refractivity contribution in [3.05, 3.63) is 35.6 Å². The number of benzene rings is 1. The predicted octanol–water partition coefficient (Wildman–Crippen LogP) is 2.51. The van der Waals surface area contributed by atoms with Crippen LogP contribution in [0.2, 0.25) is 0 Å². The van der Waals surface area contributed by atoms with Gasteiger partial charge in [-0.1, -0.05) is 12.1 Å². The molecule has 2 nitrogen and oxygen atoms in total. The maximum absolute atomic E-state index is 12.6. The van der Waals surface area contributed by atoms with Crippen molar-refractivity contribution in [2.24, 2.45) is 0 Å². The van der Waals surface area contributed by atoms with E-state index in [1.807, 2.05) is 0 Å². The summed E-state index contributed by atoms with van der Waals surface area (Å²) in [4.78, 5) is 11.7. The zero-order valence-corrected chi connectivity index (χ0v) is 9.12. The van der Waals surface area contributed by atoms with E-state index in [2.05, 4.69) is 0 Å². The van der Waals surface area contributed by atoms with Crippen LogP contribution in [0.3, 0.4) is 0 Å². The minimum atomic E-state index is -0.268. The molecular formula is C13H15FO2. The third-order valence-electron chi connectivity index (χ3n) is 2.79. The molecule has 0 radical (unpaired) electrons. The summed E-state index contributed by atoms with van der Waals surface area (Å²) < 4.78 is 18.0. The third kappa shape index (κ3) is 3.14. The summed E-state index contributed by atoms with van der Waals surface area (Å²) in [7, 11) is 0. The first-order chi connectivity index (χ1) is 7.74. The molecule has 1 unspecified atom stereocenters. The molecule has 0 spiro atoms. The Hall–Kier alpha value is -1.22. The van der Waals surface area contributed by atoms with Gasteiger partial charge in [0.1, 0.15) is 11.6 Å². The van der Waals surface area contributed by atoms with E-state index in [1.165, 1.54) is 12.1 Å². The number of hydrogen-bond donors (Lipinski definition) is 0. The van der Waals surface area contributed by atoms with Gasteiger partial charge in [0, 0.05) is 19.4 Å². The maximum atomic E-state index is 12.6. The number of ether oxygens (including phenoxy) is 1. The number of rotatable bonds is 4. The smallest absolute Gasteiger partial charge is 0.139 e. The molecule has 86 valence electrons. The fourth-order valence-electron chi connectivity index (χ4n) is 1.96. The van der Waals surface area contributed by atoms with Crippen molar-refractivity contribution in [3.8, 4) is 0 Å². The van der Waals surface area contributed by atoms with E-state index in [1.54, 1.807) is 12.1 Å². The molecule has 0 amide bonds. The number of hydrogen-bond acceptors (Lipinski definition) is 2. The van der Waals surface area contributed by atoms with Crippen molar-refractivity contribution in [1.82, 2.24) is 0 Å². The molecule has 0 aromatic heterocycles. The number of Topliss-reactive ketones (excluding diaryl/α,β-unsaturated/α-hetero) is 1. The number of carbonyl (C=O) groups is 1. The van der Waals surface area contributed by atoms with Gasteiger partial charge in [-0.3, -0.25) is 4.79 Å². The highest BCUT2D eigenvalue weighted by molar-refractivity contribution is 5.81. The molecule has 1 atom stereocenters. The van der Waals surface area contributed by atoms with Crippen molar-refractivity contribution >= 4 is 5.78 Å². The van der Waals surface area contributed by atoms with Crippen LogP contribution < -0.4 is 0 Å². The highest BCUT2D eigenvalue weighted by Crippen LogP contribution is 2.16. The summed E-state index contributed by atoms with van der Waals surface area (Å²) in [6.45, 7) is 0.772. The van der Waals surface area contributed by atoms with Crippen LogP contribution in [0.4, 0.5) is 4.39 Å². The molecule has 0 bridgehead atoms. The predicted molar refractivity (Wildman–Crippen MR) is 58.7 cm³/mol. The van der Waals surface area contributed by atoms with E-state index in [0.717, 1.165) is 25.0 Å². The van der Waals surface area contributed by atoms with E-state index in [9.17, 15) is 9.18 Å². The van der Waals surface area contributed by atoms with Gasteiger partial charge >= 0.3 is 0 Å². The van der Waals surface area contributed by atoms with Crippen LogP contribution in [-0.4, -0.2) is 18.5 Å². The Kier molecular flexibility index (Phi) is 3.67. The minimum Gasteiger partial charge on any atom is -0.378 e. The average molecular weight is 222 g/mol. The Morgan fingerprint density at radius 1 is 1.38 bits per heavy atom. The van der Waals surface area contributed by atoms with Gasteiger partial charge in [0.25, 0.3) is 0 Å². The van der Waals surface area contributed by atoms with Crippen molar-refractivity contribution in [1.29, 1.82) is 0 Å². The quantitative estimate of drug-likeness (QED) is 0.782. The van der Waals surface area contributed by atoms with E-state index >= 15 is 0 Å². The molecule has 0 saturated carbocycles. The summed E-state index contributed by atoms with van der Waals surface area (Å²) in [6, 6.07) is 6.08. The Balaban J connectivity index is 1.84. The van der Waals surface area contributed by atoms with E-state index in [4.69, 9.17) is 4.74 Å². The summed E-state index contributed by atoms with van der Waals surface area (Å²) in [6.07, 6.45) is 2.99. The fourth-order valence-corrected chi connectivity index (χ4v) is 1.96. The Labute approximate surface area is 94.4 Å². The van der Waals surface area contributed by atoms with Crippen molar-refractivity contribution in [2.45, 2.75) is 31.8 Å². The second-order valence-electron chi connectivity index (χ2n) is 4.18. The third-order valence-corrected chi connectivity index (χ3v) is 2.79. The first-order valence-corrected chi connectivity index (χ1v) is 5.62. The molecule has 1 aromatic rings. The van der Waals surface area contributed by atoms with Crippen LogP contribution in [0.5, 0.6) is 0 Å². The van der Waals surface area contributed by atoms with Gasteiger partial charge in [-0.15, -0.1) is 0 Å². The lowest BCUT2D eigenvalue weighted by Gasteiger charge is -2.07. The molecule has 1 saturated heterocycles. The molecule has 1 heterocycles. The highest BCUT2D eigenvalue weighted by atomic mass is 19.1. The van der Waals surface area contributed by atoms with Crippen molar-refractivity contribution < 1.29 is 13.9 Å². The van der Waals surface area contributed by atoms with Crippen LogP contribution in [0, 0.1) is 5.82 Å². The zero-order chi connectivity index (χ0) is 11.4. The second kappa shape index (κ2) is 5.21. The van der Waals surface area contributed by atoms with E-state index < -0.39 is 0 Å². The van der Waals surface area contributed by atoms with E-state index in [-0.39, 0.29) is 17.7 Å². The topological polar surface area (TPSA) is 26.3 Å². The van der Waals surface area contributed by atoms with Crippen LogP contribution in [0.25, 0.3) is 0 Å². The van der Waals surface area contributed by atoms with Crippen LogP contribution >= 0.6 is 0 Å². The molecular weight excluding hydrogens is 207 g/mol. The minimum absolute atomic E-state index is 0.105. The zero-order valence-electron chi connectivity index (χ0n) is 9.12. The standard InChI is InChI=1S/C13H15FO2/c14-11-5-3-10(4-6-11)8-12(15)9-13-2-1-7-16-13/h3-6,13H,1-2,7-9H2. The average Bonchev–Trinajstić information content (AvgIpc) is 2.74. The first kappa shape index (κ1) is 11.3. The van der Waals surface area contributed by atoms with Gasteiger partial charge in [0.05, 0.1) is 6.10 Å². The summed E-state index contributed by atoms with van der Waals surface area (Å²) in [5.41, 5.74) is 0.865. The molecule has 0 N–H and O–H groups in total. The molecule has 1 aliphatic heterocycles. The van der Waals surface area contributed by atoms with Gasteiger partial charge in [-0.05, 0) is 30.5 Å². The molecule has 16 heavy (non-hydrogen) atoms. The van der Waals surface area contributed by atoms with E-state index in [0.29, 0.717) is 12.8 Å². The molecule has 3 heteroatoms. The molecule has 2 rings (SSSR count). The maximum Gasteiger partial charge on any atom is 0.139 e. The normalized spacial score (nSPS) is 19.9. The lowest BCUT2D eigenvalue weighted by molar-refractivity contribution is -0.120. The van der Waals surface area contributed by atoms with Crippen molar-refractivity contribution in [2.75, 3.05) is 6.61 Å². The highest BCUT2D eigenvalue weighted by Gasteiger charge is 2.18. The SMILES string of the molecule is O=C(Cc1ccc(F)cc1)CC1CCCO1. The molecule has 1 fully saturated rings. The summed E-state index contributed by atoms with van der Waals surface area (Å²) >= 11 is 0. The Morgan fingerprint density at radius 2 is 2.12 bits per heavy atom. The van der Waals surface area contributed by atoms with Gasteiger partial charge in [-0.25, -0.2) is 4.39 Å². The van der Waals surface area contributed by atoms with Gasteiger partial charge in [0.2, 0.25) is 0 Å². The number of carbonyl (C=O) groups excluding carboxylic acids is 1. The summed E-state index contributed by atoms with van der Waals surface area (Å²) in [5.74, 6) is -0.103. The van der Waals surface area contributed by atoms with Gasteiger partial charge in [0.15, 0.2) is 0 Å². The molecule has 1 aromatic carbocycles. The Morgan fingerprint density at radius 3 is 2.75 bits per heavy atom. The number of ketones is 1. The second-order valence-corrected chi connectivity index (χ2v) is 4.18. The van der Waals surface area contributed by atoms with Crippen molar-refractivity contribution in [3.63, 3.8) is 0 Å². The first-order valence-electron chi connectivity index (χ1n) is 5.62. The lowest BCUT2D eigenvalue weighted by atomic mass is 10.0. The van der Waals surface area contributed by atoms with Crippen LogP contribution in [0.1, 0.15) is 24.8 Å². The largest absolute Gasteiger partial charge is 0.378 e. The monoisotopic (exact) mass is 222 g/mol. The number of halogens is 1. The van der Waals surface area contributed by atoms with Crippen LogP contribution in [-0.2, 0) is 16.0 Å². The molecule has 0 aliphatic carbocycles. The van der Waals surface area contributed by atoms with Crippen LogP contribution in [0.15, 0.2) is 24.3 Å². The fraction of sp³-hybridized carbons (Fsp3) is 0.462.